The predicted octanol–water partition coefficient (Wildman–Crippen LogP) is 6.42. The molecule has 1 aromatic carbocycles. The van der Waals surface area contributed by atoms with Crippen LogP contribution in [0.2, 0.25) is 22.2 Å². The highest BCUT2D eigenvalue weighted by Gasteiger charge is 2.62. The molecule has 0 radical (unpaired) electrons. The predicted molar refractivity (Wildman–Crippen MR) is 147 cm³/mol. The van der Waals surface area contributed by atoms with Crippen molar-refractivity contribution in [2.45, 2.75) is 102 Å². The monoisotopic (exact) mass is 550 g/mol. The Balaban J connectivity index is 1.78. The minimum absolute atomic E-state index is 0.0599. The topological polar surface area (TPSA) is 94.2 Å². The zero-order chi connectivity index (χ0) is 27.3. The van der Waals surface area contributed by atoms with Gasteiger partial charge in [-0.1, -0.05) is 55.4 Å². The normalized spacial score (nSPS) is 27.7. The maximum atomic E-state index is 11.3. The molecule has 206 valence electrons. The Labute approximate surface area is 222 Å². The molecule has 4 atom stereocenters. The van der Waals surface area contributed by atoms with Crippen molar-refractivity contribution in [1.29, 1.82) is 0 Å². The Morgan fingerprint density at radius 3 is 2.16 bits per heavy atom. The van der Waals surface area contributed by atoms with Gasteiger partial charge in [0.2, 0.25) is 0 Å². The van der Waals surface area contributed by atoms with Gasteiger partial charge in [-0.25, -0.2) is 0 Å². The largest absolute Gasteiger partial charge is 0.414 e. The summed E-state index contributed by atoms with van der Waals surface area (Å²) in [5, 5.41) is 12.1. The molecule has 2 aliphatic heterocycles. The number of non-ortho nitro benzene ring substituents is 1. The molecule has 1 aromatic heterocycles. The summed E-state index contributed by atoms with van der Waals surface area (Å²) < 4.78 is 36.1. The van der Waals surface area contributed by atoms with Crippen LogP contribution in [0, 0.1) is 10.1 Å². The molecule has 0 saturated carbocycles. The van der Waals surface area contributed by atoms with E-state index in [2.05, 4.69) is 55.4 Å². The van der Waals surface area contributed by atoms with E-state index in [0.717, 1.165) is 10.9 Å². The van der Waals surface area contributed by atoms with Gasteiger partial charge < -0.3 is 27.0 Å². The molecule has 9 nitrogen and oxygen atoms in total. The lowest BCUT2D eigenvalue weighted by molar-refractivity contribution is -0.384. The Bertz CT molecular complexity index is 1100. The summed E-state index contributed by atoms with van der Waals surface area (Å²) in [5.41, 5.74) is 1.79. The van der Waals surface area contributed by atoms with Crippen LogP contribution in [0.25, 0.3) is 10.9 Å². The Morgan fingerprint density at radius 1 is 1.00 bits per heavy atom. The summed E-state index contributed by atoms with van der Waals surface area (Å²) in [4.78, 5) is 10.9. The van der Waals surface area contributed by atoms with Crippen molar-refractivity contribution >= 4 is 33.7 Å². The quantitative estimate of drug-likeness (QED) is 0.223. The molecule has 37 heavy (non-hydrogen) atoms. The second-order valence-electron chi connectivity index (χ2n) is 11.5. The maximum Gasteiger partial charge on any atom is 0.335 e. The van der Waals surface area contributed by atoms with Gasteiger partial charge in [0.15, 0.2) is 6.23 Å². The molecule has 2 saturated heterocycles. The second kappa shape index (κ2) is 10.5. The van der Waals surface area contributed by atoms with E-state index in [-0.39, 0.29) is 45.0 Å². The van der Waals surface area contributed by atoms with E-state index in [1.165, 1.54) is 6.07 Å². The summed E-state index contributed by atoms with van der Waals surface area (Å²) >= 11 is 0. The van der Waals surface area contributed by atoms with Gasteiger partial charge in [0.25, 0.3) is 5.69 Å². The van der Waals surface area contributed by atoms with Crippen molar-refractivity contribution in [3.05, 3.63) is 40.6 Å². The van der Waals surface area contributed by atoms with Crippen LogP contribution in [0.15, 0.2) is 30.5 Å². The summed E-state index contributed by atoms with van der Waals surface area (Å²) in [6.07, 6.45) is 0.329. The molecular weight excluding hydrogens is 508 g/mol. The molecule has 11 heteroatoms. The zero-order valence-electron chi connectivity index (χ0n) is 23.5. The smallest absolute Gasteiger partial charge is 0.335 e. The molecule has 4 rings (SSSR count). The molecule has 0 spiro atoms. The average Bonchev–Trinajstić information content (AvgIpc) is 3.38. The average molecular weight is 551 g/mol. The van der Waals surface area contributed by atoms with E-state index in [1.807, 2.05) is 16.8 Å². The molecule has 2 aliphatic rings. The molecule has 0 aliphatic carbocycles. The minimum Gasteiger partial charge on any atom is -0.414 e. The second-order valence-corrected chi connectivity index (χ2v) is 20.4. The SMILES string of the molecule is CO[C@@H]1[C@@H]2O[Si](C(C)C)(C(C)C)O[Si](C(C)C)(C(C)C)OC[C@H]2O[C@H]1n1ccc2cc([N+](=O)[O-])ccc21. The third kappa shape index (κ3) is 4.73. The summed E-state index contributed by atoms with van der Waals surface area (Å²) in [6.45, 7) is 18.0. The van der Waals surface area contributed by atoms with Gasteiger partial charge in [0.05, 0.1) is 17.0 Å². The van der Waals surface area contributed by atoms with Crippen LogP contribution in [-0.2, 0) is 22.4 Å². The molecule has 2 aromatic rings. The van der Waals surface area contributed by atoms with E-state index in [1.54, 1.807) is 19.2 Å². The Kier molecular flexibility index (Phi) is 8.07. The van der Waals surface area contributed by atoms with Crippen LogP contribution < -0.4 is 0 Å². The number of aromatic nitrogens is 1. The molecule has 0 unspecified atom stereocenters. The van der Waals surface area contributed by atoms with Crippen molar-refractivity contribution in [2.75, 3.05) is 13.7 Å². The third-order valence-electron chi connectivity index (χ3n) is 8.08. The number of benzene rings is 1. The maximum absolute atomic E-state index is 11.3. The van der Waals surface area contributed by atoms with Crippen molar-refractivity contribution in [2.24, 2.45) is 0 Å². The van der Waals surface area contributed by atoms with Gasteiger partial charge in [0, 0.05) is 30.8 Å². The summed E-state index contributed by atoms with van der Waals surface area (Å²) in [6, 6.07) is 6.74. The van der Waals surface area contributed by atoms with Gasteiger partial charge in [-0.05, 0) is 34.3 Å². The van der Waals surface area contributed by atoms with Crippen LogP contribution in [0.4, 0.5) is 5.69 Å². The highest BCUT2D eigenvalue weighted by molar-refractivity contribution is 6.84. The first kappa shape index (κ1) is 28.4. The summed E-state index contributed by atoms with van der Waals surface area (Å²) in [5.74, 6) is 0. The fraction of sp³-hybridized carbons (Fsp3) is 0.692. The fourth-order valence-corrected chi connectivity index (χ4v) is 17.3. The molecule has 0 N–H and O–H groups in total. The van der Waals surface area contributed by atoms with Gasteiger partial charge >= 0.3 is 17.1 Å². The van der Waals surface area contributed by atoms with Gasteiger partial charge in [0.1, 0.15) is 18.3 Å². The van der Waals surface area contributed by atoms with E-state index in [9.17, 15) is 10.1 Å². The highest BCUT2D eigenvalue weighted by atomic mass is 28.5. The molecular formula is C26H42N2O7Si2. The molecule has 2 fully saturated rings. The lowest BCUT2D eigenvalue weighted by Gasteiger charge is -2.51. The van der Waals surface area contributed by atoms with Gasteiger partial charge in [-0.3, -0.25) is 10.1 Å². The molecule has 0 bridgehead atoms. The number of rotatable bonds is 7. The number of methoxy groups -OCH3 is 1. The number of hydrogen-bond acceptors (Lipinski definition) is 7. The van der Waals surface area contributed by atoms with Crippen LogP contribution >= 0.6 is 0 Å². The van der Waals surface area contributed by atoms with Crippen LogP contribution in [0.3, 0.4) is 0 Å². The lowest BCUT2D eigenvalue weighted by atomic mass is 10.1. The van der Waals surface area contributed by atoms with Crippen LogP contribution in [-0.4, -0.2) is 58.6 Å². The minimum atomic E-state index is -2.82. The number of hydrogen-bond donors (Lipinski definition) is 0. The number of ether oxygens (including phenoxy) is 2. The standard InChI is InChI=1S/C26H42N2O7Si2/c1-16(2)36(17(3)4)32-15-23-24(34-37(35-36,18(5)6)19(7)8)25(31-9)26(33-23)27-13-12-20-14-21(28(29)30)10-11-22(20)27/h10-14,16-19,23-26H,15H2,1-9H3/t23-,24-,25-,26-/m1/s1. The number of nitrogens with zero attached hydrogens (tertiary/aromatic N) is 2. The molecule has 0 amide bonds. The van der Waals surface area contributed by atoms with E-state index < -0.39 is 29.5 Å². The van der Waals surface area contributed by atoms with Crippen molar-refractivity contribution < 1.29 is 27.4 Å². The van der Waals surface area contributed by atoms with Crippen molar-refractivity contribution in [1.82, 2.24) is 4.57 Å². The Morgan fingerprint density at radius 2 is 1.62 bits per heavy atom. The zero-order valence-corrected chi connectivity index (χ0v) is 25.5. The first-order valence-electron chi connectivity index (χ1n) is 13.3. The van der Waals surface area contributed by atoms with Crippen LogP contribution in [0.1, 0.15) is 61.6 Å². The first-order valence-corrected chi connectivity index (χ1v) is 17.3. The number of fused-ring (bicyclic) bond motifs is 2. The Hall–Kier alpha value is -1.61. The van der Waals surface area contributed by atoms with Gasteiger partial charge in [-0.2, -0.15) is 0 Å². The van der Waals surface area contributed by atoms with Gasteiger partial charge in [-0.15, -0.1) is 0 Å². The van der Waals surface area contributed by atoms with Crippen LogP contribution in [0.5, 0.6) is 0 Å². The van der Waals surface area contributed by atoms with E-state index in [4.69, 9.17) is 22.4 Å². The molecule has 3 heterocycles. The number of nitro benzene ring substituents is 1. The van der Waals surface area contributed by atoms with E-state index >= 15 is 0 Å². The van der Waals surface area contributed by atoms with E-state index in [0.29, 0.717) is 6.61 Å². The highest BCUT2D eigenvalue weighted by Crippen LogP contribution is 2.49. The first-order chi connectivity index (χ1) is 17.4. The lowest BCUT2D eigenvalue weighted by Crippen LogP contribution is -2.65. The summed E-state index contributed by atoms with van der Waals surface area (Å²) in [7, 11) is -3.82. The number of nitro groups is 1. The van der Waals surface area contributed by atoms with Crippen molar-refractivity contribution in [3.8, 4) is 0 Å². The third-order valence-corrected chi connectivity index (χ3v) is 18.3. The van der Waals surface area contributed by atoms with Crippen molar-refractivity contribution in [3.63, 3.8) is 0 Å². The fourth-order valence-electron chi connectivity index (χ4n) is 6.08.